The van der Waals surface area contributed by atoms with Crippen molar-refractivity contribution in [3.05, 3.63) is 35.4 Å². The normalized spacial score (nSPS) is 22.8. The monoisotopic (exact) mass is 297 g/mol. The van der Waals surface area contributed by atoms with E-state index in [1.807, 2.05) is 7.05 Å². The van der Waals surface area contributed by atoms with E-state index in [0.29, 0.717) is 11.5 Å². The second kappa shape index (κ2) is 6.70. The van der Waals surface area contributed by atoms with E-state index in [1.165, 1.54) is 5.56 Å². The third-order valence-corrected chi connectivity index (χ3v) is 5.78. The van der Waals surface area contributed by atoms with Crippen molar-refractivity contribution >= 4 is 9.84 Å². The van der Waals surface area contributed by atoms with Crippen LogP contribution >= 0.6 is 0 Å². The van der Waals surface area contributed by atoms with Gasteiger partial charge in [-0.2, -0.15) is 0 Å². The summed E-state index contributed by atoms with van der Waals surface area (Å²) in [5.74, 6) is 0.793. The van der Waals surface area contributed by atoms with E-state index < -0.39 is 9.84 Å². The van der Waals surface area contributed by atoms with Gasteiger partial charge >= 0.3 is 0 Å². The summed E-state index contributed by atoms with van der Waals surface area (Å²) in [5, 5.41) is 3.27. The van der Waals surface area contributed by atoms with Crippen LogP contribution in [0.1, 0.15) is 23.6 Å². The van der Waals surface area contributed by atoms with E-state index in [0.717, 1.165) is 25.0 Å². The number of hydrogen-bond acceptors (Lipinski definition) is 4. The average molecular weight is 297 g/mol. The standard InChI is InChI=1S/C15H23NO3S/c1-16-15(14-8-10-20(17,18)11-14)13-5-3-12(4-6-13)7-9-19-2/h3-6,14-16H,7-11H2,1-2H3. The average Bonchev–Trinajstić information content (AvgIpc) is 2.79. The zero-order valence-electron chi connectivity index (χ0n) is 12.1. The van der Waals surface area contributed by atoms with Crippen LogP contribution < -0.4 is 5.32 Å². The van der Waals surface area contributed by atoms with Crippen LogP contribution in [0.5, 0.6) is 0 Å². The molecule has 0 saturated carbocycles. The maximum atomic E-state index is 11.6. The molecular formula is C15H23NO3S. The molecule has 1 saturated heterocycles. The molecule has 0 aliphatic carbocycles. The number of hydrogen-bond donors (Lipinski definition) is 1. The van der Waals surface area contributed by atoms with Crippen molar-refractivity contribution in [1.82, 2.24) is 5.32 Å². The van der Waals surface area contributed by atoms with Crippen molar-refractivity contribution in [3.63, 3.8) is 0 Å². The van der Waals surface area contributed by atoms with Crippen molar-refractivity contribution < 1.29 is 13.2 Å². The SMILES string of the molecule is CNC(c1ccc(CCOC)cc1)C1CCS(=O)(=O)C1. The molecule has 0 bridgehead atoms. The highest BCUT2D eigenvalue weighted by atomic mass is 32.2. The Bertz CT molecular complexity index is 525. The molecule has 5 heteroatoms. The summed E-state index contributed by atoms with van der Waals surface area (Å²) in [7, 11) is 0.762. The largest absolute Gasteiger partial charge is 0.384 e. The van der Waals surface area contributed by atoms with Crippen LogP contribution in [-0.4, -0.2) is 40.7 Å². The predicted octanol–water partition coefficient (Wildman–Crippen LogP) is 1.57. The molecule has 1 aromatic carbocycles. The van der Waals surface area contributed by atoms with Gasteiger partial charge in [-0.25, -0.2) is 8.42 Å². The van der Waals surface area contributed by atoms with Crippen LogP contribution in [0.3, 0.4) is 0 Å². The quantitative estimate of drug-likeness (QED) is 0.866. The lowest BCUT2D eigenvalue weighted by molar-refractivity contribution is 0.202. The third kappa shape index (κ3) is 3.81. The van der Waals surface area contributed by atoms with Gasteiger partial charge < -0.3 is 10.1 Å². The topological polar surface area (TPSA) is 55.4 Å². The fourth-order valence-corrected chi connectivity index (χ4v) is 4.71. The van der Waals surface area contributed by atoms with Gasteiger partial charge in [0.25, 0.3) is 0 Å². The maximum Gasteiger partial charge on any atom is 0.150 e. The zero-order valence-corrected chi connectivity index (χ0v) is 12.9. The number of rotatable bonds is 6. The first-order valence-corrected chi connectivity index (χ1v) is 8.83. The highest BCUT2D eigenvalue weighted by molar-refractivity contribution is 7.91. The number of sulfone groups is 1. The molecule has 0 aromatic heterocycles. The predicted molar refractivity (Wildman–Crippen MR) is 80.6 cm³/mol. The highest BCUT2D eigenvalue weighted by Crippen LogP contribution is 2.31. The van der Waals surface area contributed by atoms with E-state index in [-0.39, 0.29) is 12.0 Å². The number of benzene rings is 1. The van der Waals surface area contributed by atoms with Gasteiger partial charge in [0.1, 0.15) is 0 Å². The summed E-state index contributed by atoms with van der Waals surface area (Å²) in [6.45, 7) is 0.718. The van der Waals surface area contributed by atoms with Crippen LogP contribution in [0.2, 0.25) is 0 Å². The minimum absolute atomic E-state index is 0.115. The summed E-state index contributed by atoms with van der Waals surface area (Å²) in [5.41, 5.74) is 2.40. The zero-order chi connectivity index (χ0) is 14.6. The fourth-order valence-electron chi connectivity index (χ4n) is 2.87. The molecule has 1 aliphatic rings. The molecule has 2 atom stereocenters. The van der Waals surface area contributed by atoms with Gasteiger partial charge in [0.15, 0.2) is 9.84 Å². The first kappa shape index (κ1) is 15.5. The Kier molecular flexibility index (Phi) is 5.18. The van der Waals surface area contributed by atoms with Crippen molar-refractivity contribution in [2.24, 2.45) is 5.92 Å². The smallest absolute Gasteiger partial charge is 0.150 e. The lowest BCUT2D eigenvalue weighted by Crippen LogP contribution is -2.26. The molecule has 1 N–H and O–H groups in total. The molecule has 112 valence electrons. The molecular weight excluding hydrogens is 274 g/mol. The Morgan fingerprint density at radius 2 is 2.05 bits per heavy atom. The maximum absolute atomic E-state index is 11.6. The van der Waals surface area contributed by atoms with E-state index in [1.54, 1.807) is 7.11 Å². The second-order valence-corrected chi connectivity index (χ2v) is 7.64. The Morgan fingerprint density at radius 1 is 1.35 bits per heavy atom. The number of methoxy groups -OCH3 is 1. The molecule has 1 heterocycles. The van der Waals surface area contributed by atoms with Crippen molar-refractivity contribution in [2.45, 2.75) is 18.9 Å². The Balaban J connectivity index is 2.08. The van der Waals surface area contributed by atoms with Crippen molar-refractivity contribution in [2.75, 3.05) is 32.3 Å². The molecule has 20 heavy (non-hydrogen) atoms. The summed E-state index contributed by atoms with van der Waals surface area (Å²) >= 11 is 0. The van der Waals surface area contributed by atoms with Crippen LogP contribution in [-0.2, 0) is 21.0 Å². The van der Waals surface area contributed by atoms with Gasteiger partial charge in [0.2, 0.25) is 0 Å². The third-order valence-electron chi connectivity index (χ3n) is 3.98. The van der Waals surface area contributed by atoms with Crippen molar-refractivity contribution in [1.29, 1.82) is 0 Å². The molecule has 2 rings (SSSR count). The molecule has 1 aliphatic heterocycles. The Morgan fingerprint density at radius 3 is 2.55 bits per heavy atom. The summed E-state index contributed by atoms with van der Waals surface area (Å²) in [6, 6.07) is 8.50. The van der Waals surface area contributed by atoms with E-state index in [9.17, 15) is 8.42 Å². The lowest BCUT2D eigenvalue weighted by atomic mass is 9.92. The van der Waals surface area contributed by atoms with Crippen LogP contribution in [0.4, 0.5) is 0 Å². The molecule has 0 spiro atoms. The Labute approximate surface area is 121 Å². The summed E-state index contributed by atoms with van der Waals surface area (Å²) in [6.07, 6.45) is 1.65. The molecule has 2 unspecified atom stereocenters. The minimum atomic E-state index is -2.84. The Hall–Kier alpha value is -0.910. The molecule has 1 aromatic rings. The van der Waals surface area contributed by atoms with Crippen LogP contribution in [0, 0.1) is 5.92 Å². The van der Waals surface area contributed by atoms with E-state index in [2.05, 4.69) is 29.6 Å². The lowest BCUT2D eigenvalue weighted by Gasteiger charge is -2.22. The first-order chi connectivity index (χ1) is 9.55. The van der Waals surface area contributed by atoms with Crippen LogP contribution in [0.15, 0.2) is 24.3 Å². The summed E-state index contributed by atoms with van der Waals surface area (Å²) < 4.78 is 28.3. The van der Waals surface area contributed by atoms with Gasteiger partial charge in [0.05, 0.1) is 18.1 Å². The molecule has 0 amide bonds. The van der Waals surface area contributed by atoms with Crippen molar-refractivity contribution in [3.8, 4) is 0 Å². The molecule has 4 nitrogen and oxygen atoms in total. The van der Waals surface area contributed by atoms with Gasteiger partial charge in [-0.05, 0) is 36.9 Å². The number of ether oxygens (including phenoxy) is 1. The first-order valence-electron chi connectivity index (χ1n) is 7.01. The fraction of sp³-hybridized carbons (Fsp3) is 0.600. The van der Waals surface area contributed by atoms with Gasteiger partial charge in [-0.3, -0.25) is 0 Å². The van der Waals surface area contributed by atoms with Gasteiger partial charge in [-0.15, -0.1) is 0 Å². The van der Waals surface area contributed by atoms with Gasteiger partial charge in [-0.1, -0.05) is 24.3 Å². The summed E-state index contributed by atoms with van der Waals surface area (Å²) in [4.78, 5) is 0. The van der Waals surface area contributed by atoms with Crippen LogP contribution in [0.25, 0.3) is 0 Å². The number of nitrogens with one attached hydrogen (secondary N) is 1. The second-order valence-electron chi connectivity index (χ2n) is 5.41. The molecule has 0 radical (unpaired) electrons. The molecule has 1 fully saturated rings. The highest BCUT2D eigenvalue weighted by Gasteiger charge is 2.33. The minimum Gasteiger partial charge on any atom is -0.384 e. The van der Waals surface area contributed by atoms with E-state index >= 15 is 0 Å². The van der Waals surface area contributed by atoms with E-state index in [4.69, 9.17) is 4.74 Å². The van der Waals surface area contributed by atoms with Gasteiger partial charge in [0, 0.05) is 13.2 Å².